The van der Waals surface area contributed by atoms with E-state index in [1.807, 2.05) is 0 Å². The Bertz CT molecular complexity index is 639. The normalized spacial score (nSPS) is 11.4. The third kappa shape index (κ3) is 2.76. The Kier molecular flexibility index (Phi) is 3.36. The molecule has 0 atom stereocenters. The van der Waals surface area contributed by atoms with Crippen molar-refractivity contribution < 1.29 is 8.42 Å². The number of hydrogen-bond acceptors (Lipinski definition) is 5. The predicted octanol–water partition coefficient (Wildman–Crippen LogP) is 2.29. The molecule has 90 valence electrons. The molecule has 0 aliphatic rings. The van der Waals surface area contributed by atoms with Crippen LogP contribution in [0, 0.1) is 0 Å². The second-order valence-electron chi connectivity index (χ2n) is 3.13. The summed E-state index contributed by atoms with van der Waals surface area (Å²) in [6.07, 6.45) is 2.86. The van der Waals surface area contributed by atoms with E-state index in [1.165, 1.54) is 24.5 Å². The van der Waals surface area contributed by atoms with Gasteiger partial charge in [0.2, 0.25) is 0 Å². The molecule has 0 unspecified atom stereocenters. The topological polar surface area (TPSA) is 85.1 Å². The molecular formula is C9H8BrN3O2S2. The number of nitrogens with two attached hydrogens (primary N) is 1. The van der Waals surface area contributed by atoms with Gasteiger partial charge >= 0.3 is 0 Å². The molecule has 5 nitrogen and oxygen atoms in total. The Labute approximate surface area is 111 Å². The number of halogens is 1. The van der Waals surface area contributed by atoms with E-state index in [0.717, 1.165) is 15.1 Å². The van der Waals surface area contributed by atoms with Crippen LogP contribution >= 0.6 is 27.3 Å². The Hall–Kier alpha value is -1.12. The number of thiophene rings is 1. The number of hydrogen-bond donors (Lipinski definition) is 2. The lowest BCUT2D eigenvalue weighted by atomic mass is 10.4. The number of rotatable bonds is 3. The molecule has 2 rings (SSSR count). The van der Waals surface area contributed by atoms with Crippen molar-refractivity contribution in [3.8, 4) is 0 Å². The van der Waals surface area contributed by atoms with Crippen molar-refractivity contribution in [1.29, 1.82) is 0 Å². The molecular weight excluding hydrogens is 326 g/mol. The van der Waals surface area contributed by atoms with Crippen LogP contribution < -0.4 is 10.5 Å². The van der Waals surface area contributed by atoms with Crippen LogP contribution in [0.25, 0.3) is 0 Å². The molecule has 0 fully saturated rings. The zero-order chi connectivity index (χ0) is 12.5. The molecule has 0 aliphatic heterocycles. The summed E-state index contributed by atoms with van der Waals surface area (Å²) < 4.78 is 27.3. The number of sulfonamides is 1. The molecule has 0 radical (unpaired) electrons. The van der Waals surface area contributed by atoms with Gasteiger partial charge in [-0.2, -0.15) is 0 Å². The van der Waals surface area contributed by atoms with Crippen LogP contribution in [0.1, 0.15) is 0 Å². The third-order valence-electron chi connectivity index (χ3n) is 1.91. The Morgan fingerprint density at radius 1 is 1.35 bits per heavy atom. The Morgan fingerprint density at radius 2 is 2.12 bits per heavy atom. The lowest BCUT2D eigenvalue weighted by Gasteiger charge is -2.07. The van der Waals surface area contributed by atoms with E-state index in [-0.39, 0.29) is 9.90 Å². The largest absolute Gasteiger partial charge is 0.396 e. The minimum atomic E-state index is -3.58. The quantitative estimate of drug-likeness (QED) is 0.902. The molecule has 17 heavy (non-hydrogen) atoms. The molecule has 3 N–H and O–H groups in total. The zero-order valence-corrected chi connectivity index (χ0v) is 11.6. The first-order valence-corrected chi connectivity index (χ1v) is 7.56. The van der Waals surface area contributed by atoms with Crippen molar-refractivity contribution >= 4 is 48.7 Å². The summed E-state index contributed by atoms with van der Waals surface area (Å²) >= 11 is 4.35. The molecule has 8 heteroatoms. The van der Waals surface area contributed by atoms with E-state index in [1.54, 1.807) is 6.07 Å². The van der Waals surface area contributed by atoms with Crippen molar-refractivity contribution in [2.75, 3.05) is 10.5 Å². The fraction of sp³-hybridized carbons (Fsp3) is 0. The number of aromatic nitrogens is 1. The smallest absolute Gasteiger partial charge is 0.271 e. The van der Waals surface area contributed by atoms with Crippen LogP contribution in [-0.4, -0.2) is 13.4 Å². The maximum absolute atomic E-state index is 12.0. The number of nitrogens with zero attached hydrogens (tertiary/aromatic N) is 1. The van der Waals surface area contributed by atoms with Crippen molar-refractivity contribution in [3.05, 3.63) is 34.4 Å². The zero-order valence-electron chi connectivity index (χ0n) is 8.42. The van der Waals surface area contributed by atoms with Crippen LogP contribution in [0.2, 0.25) is 0 Å². The molecule has 0 bridgehead atoms. The number of pyridine rings is 1. The van der Waals surface area contributed by atoms with Gasteiger partial charge in [-0.25, -0.2) is 8.42 Å². The molecule has 2 heterocycles. The lowest BCUT2D eigenvalue weighted by molar-refractivity contribution is 0.603. The molecule has 2 aromatic heterocycles. The van der Waals surface area contributed by atoms with E-state index in [2.05, 4.69) is 25.6 Å². The van der Waals surface area contributed by atoms with Gasteiger partial charge in [0, 0.05) is 6.20 Å². The van der Waals surface area contributed by atoms with Gasteiger partial charge in [-0.15, -0.1) is 11.3 Å². The van der Waals surface area contributed by atoms with E-state index in [0.29, 0.717) is 5.69 Å². The monoisotopic (exact) mass is 333 g/mol. The standard InChI is InChI=1S/C9H8BrN3O2S2/c10-8-1-2-9(16-8)17(14,15)13-7-3-4-12-5-6(7)11/h1-5H,11H2,(H,12,13). The Balaban J connectivity index is 2.33. The van der Waals surface area contributed by atoms with E-state index >= 15 is 0 Å². The first-order chi connectivity index (χ1) is 7.99. The van der Waals surface area contributed by atoms with Crippen LogP contribution in [-0.2, 0) is 10.0 Å². The van der Waals surface area contributed by atoms with E-state index in [9.17, 15) is 8.42 Å². The van der Waals surface area contributed by atoms with Crippen LogP contribution in [0.3, 0.4) is 0 Å². The Morgan fingerprint density at radius 3 is 2.71 bits per heavy atom. The number of anilines is 2. The van der Waals surface area contributed by atoms with Gasteiger partial charge in [-0.1, -0.05) is 0 Å². The summed E-state index contributed by atoms with van der Waals surface area (Å²) in [6, 6.07) is 4.71. The second-order valence-corrected chi connectivity index (χ2v) is 7.50. The predicted molar refractivity (Wildman–Crippen MR) is 71.5 cm³/mol. The minimum absolute atomic E-state index is 0.223. The van der Waals surface area contributed by atoms with Gasteiger partial charge in [0.15, 0.2) is 0 Å². The maximum atomic E-state index is 12.0. The highest BCUT2D eigenvalue weighted by Crippen LogP contribution is 2.28. The highest BCUT2D eigenvalue weighted by atomic mass is 79.9. The number of nitrogen functional groups attached to an aromatic ring is 1. The van der Waals surface area contributed by atoms with Gasteiger partial charge < -0.3 is 5.73 Å². The first-order valence-electron chi connectivity index (χ1n) is 4.47. The van der Waals surface area contributed by atoms with Gasteiger partial charge in [-0.05, 0) is 34.1 Å². The van der Waals surface area contributed by atoms with Crippen LogP contribution in [0.4, 0.5) is 11.4 Å². The SMILES string of the molecule is Nc1cnccc1NS(=O)(=O)c1ccc(Br)s1. The molecule has 0 aliphatic carbocycles. The summed E-state index contributed by atoms with van der Waals surface area (Å²) in [5, 5.41) is 0. The maximum Gasteiger partial charge on any atom is 0.271 e. The molecule has 0 saturated heterocycles. The fourth-order valence-electron chi connectivity index (χ4n) is 1.14. The van der Waals surface area contributed by atoms with Crippen molar-refractivity contribution in [2.24, 2.45) is 0 Å². The summed E-state index contributed by atoms with van der Waals surface area (Å²) in [5.74, 6) is 0. The first kappa shape index (κ1) is 12.3. The second kappa shape index (κ2) is 4.63. The molecule has 0 spiro atoms. The lowest BCUT2D eigenvalue weighted by Crippen LogP contribution is -2.12. The summed E-state index contributed by atoms with van der Waals surface area (Å²) in [4.78, 5) is 3.79. The van der Waals surface area contributed by atoms with Gasteiger partial charge in [-0.3, -0.25) is 9.71 Å². The minimum Gasteiger partial charge on any atom is -0.396 e. The summed E-state index contributed by atoms with van der Waals surface area (Å²) in [5.41, 5.74) is 6.22. The van der Waals surface area contributed by atoms with Gasteiger partial charge in [0.1, 0.15) is 4.21 Å². The van der Waals surface area contributed by atoms with Crippen LogP contribution in [0.15, 0.2) is 38.6 Å². The van der Waals surface area contributed by atoms with Gasteiger partial charge in [0.25, 0.3) is 10.0 Å². The average Bonchev–Trinajstić information content (AvgIpc) is 2.69. The highest BCUT2D eigenvalue weighted by molar-refractivity contribution is 9.11. The third-order valence-corrected chi connectivity index (χ3v) is 5.39. The van der Waals surface area contributed by atoms with Gasteiger partial charge in [0.05, 0.1) is 21.4 Å². The van der Waals surface area contributed by atoms with Crippen LogP contribution in [0.5, 0.6) is 0 Å². The van der Waals surface area contributed by atoms with E-state index < -0.39 is 10.0 Å². The van der Waals surface area contributed by atoms with Crippen molar-refractivity contribution in [2.45, 2.75) is 4.21 Å². The molecule has 0 amide bonds. The molecule has 0 aromatic carbocycles. The molecule has 0 saturated carbocycles. The molecule has 2 aromatic rings. The van der Waals surface area contributed by atoms with Crippen molar-refractivity contribution in [1.82, 2.24) is 4.98 Å². The number of nitrogens with one attached hydrogen (secondary N) is 1. The fourth-order valence-corrected chi connectivity index (χ4v) is 4.23. The summed E-state index contributed by atoms with van der Waals surface area (Å²) in [7, 11) is -3.58. The van der Waals surface area contributed by atoms with Crippen molar-refractivity contribution in [3.63, 3.8) is 0 Å². The van der Waals surface area contributed by atoms with E-state index in [4.69, 9.17) is 5.73 Å². The summed E-state index contributed by atoms with van der Waals surface area (Å²) in [6.45, 7) is 0. The highest BCUT2D eigenvalue weighted by Gasteiger charge is 2.17. The average molecular weight is 334 g/mol.